The minimum Gasteiger partial charge on any atom is -0.458 e. The first-order chi connectivity index (χ1) is 17.8. The topological polar surface area (TPSA) is 126 Å². The molecule has 0 aliphatic rings. The Labute approximate surface area is 215 Å². The van der Waals surface area contributed by atoms with Crippen LogP contribution in [0.4, 0.5) is 0 Å². The van der Waals surface area contributed by atoms with Crippen LogP contribution in [0.1, 0.15) is 65.0 Å². The van der Waals surface area contributed by atoms with Crippen LogP contribution in [0.25, 0.3) is 11.0 Å². The van der Waals surface area contributed by atoms with E-state index in [0.717, 1.165) is 5.56 Å². The number of nitrogens with two attached hydrogens (primary N) is 1. The summed E-state index contributed by atoms with van der Waals surface area (Å²) in [4.78, 5) is 29.2. The summed E-state index contributed by atoms with van der Waals surface area (Å²) in [5.41, 5.74) is 7.93. The number of fused-ring (bicyclic) bond motifs is 1. The highest BCUT2D eigenvalue weighted by Gasteiger charge is 2.34. The summed E-state index contributed by atoms with van der Waals surface area (Å²) < 4.78 is 11.6. The van der Waals surface area contributed by atoms with Gasteiger partial charge in [-0.3, -0.25) is 9.59 Å². The number of nitriles is 1. The van der Waals surface area contributed by atoms with Crippen LogP contribution in [0.15, 0.2) is 68.3 Å². The van der Waals surface area contributed by atoms with Crippen LogP contribution in [-0.4, -0.2) is 29.1 Å². The Morgan fingerprint density at radius 3 is 2.54 bits per heavy atom. The number of aromatic nitrogens is 1. The maximum atomic E-state index is 13.9. The summed E-state index contributed by atoms with van der Waals surface area (Å²) in [6.07, 6.45) is 0.885. The number of carbonyl (C=O) groups excluding carboxylic acids is 1. The minimum absolute atomic E-state index is 0.121. The third-order valence-electron chi connectivity index (χ3n) is 6.32. The molecule has 0 radical (unpaired) electrons. The van der Waals surface area contributed by atoms with E-state index in [1.807, 2.05) is 44.2 Å². The third kappa shape index (κ3) is 5.47. The van der Waals surface area contributed by atoms with Crippen LogP contribution >= 0.6 is 0 Å². The van der Waals surface area contributed by atoms with Gasteiger partial charge in [0.05, 0.1) is 23.1 Å². The van der Waals surface area contributed by atoms with Gasteiger partial charge in [-0.05, 0) is 49.6 Å². The van der Waals surface area contributed by atoms with Gasteiger partial charge in [-0.2, -0.15) is 5.26 Å². The molecule has 8 nitrogen and oxygen atoms in total. The van der Waals surface area contributed by atoms with Crippen molar-refractivity contribution >= 4 is 16.9 Å². The second kappa shape index (κ2) is 11.2. The van der Waals surface area contributed by atoms with E-state index in [2.05, 4.69) is 11.2 Å². The molecule has 190 valence electrons. The standard InChI is InChI=1S/C29H30N4O4/c1-18(2)26(33(13-7-12-30)29(35)24-14-19(3)37-32-24)28-23(15-20-8-5-4-6-9-20)27(34)22-11-10-21(17-31)16-25(22)36-28/h4-6,8-11,14,16,18,26H,7,12-13,15,30H2,1-3H3/t26-/m1/s1. The fraction of sp³-hybridized carbons (Fsp3) is 0.310. The van der Waals surface area contributed by atoms with Crippen molar-refractivity contribution in [3.05, 3.63) is 98.7 Å². The van der Waals surface area contributed by atoms with Gasteiger partial charge in [0.25, 0.3) is 5.91 Å². The Bertz CT molecular complexity index is 1500. The molecule has 0 aliphatic heterocycles. The van der Waals surface area contributed by atoms with Crippen molar-refractivity contribution in [3.8, 4) is 6.07 Å². The Morgan fingerprint density at radius 2 is 1.92 bits per heavy atom. The molecule has 0 aliphatic carbocycles. The van der Waals surface area contributed by atoms with E-state index in [1.165, 1.54) is 0 Å². The lowest BCUT2D eigenvalue weighted by molar-refractivity contribution is 0.0577. The molecule has 4 rings (SSSR count). The van der Waals surface area contributed by atoms with Gasteiger partial charge in [-0.1, -0.05) is 49.3 Å². The number of hydrogen-bond donors (Lipinski definition) is 1. The van der Waals surface area contributed by atoms with Crippen LogP contribution in [0, 0.1) is 24.2 Å². The van der Waals surface area contributed by atoms with E-state index < -0.39 is 6.04 Å². The van der Waals surface area contributed by atoms with Crippen LogP contribution in [0.5, 0.6) is 0 Å². The normalized spacial score (nSPS) is 12.0. The summed E-state index contributed by atoms with van der Waals surface area (Å²) in [6.45, 7) is 6.40. The van der Waals surface area contributed by atoms with E-state index in [0.29, 0.717) is 59.5 Å². The summed E-state index contributed by atoms with van der Waals surface area (Å²) in [7, 11) is 0. The van der Waals surface area contributed by atoms with Crippen molar-refractivity contribution < 1.29 is 13.7 Å². The van der Waals surface area contributed by atoms with Crippen molar-refractivity contribution in [2.75, 3.05) is 13.1 Å². The fourth-order valence-corrected chi connectivity index (χ4v) is 4.57. The van der Waals surface area contributed by atoms with Gasteiger partial charge in [0.1, 0.15) is 17.1 Å². The molecular weight excluding hydrogens is 468 g/mol. The predicted molar refractivity (Wildman–Crippen MR) is 140 cm³/mol. The Hall–Kier alpha value is -4.22. The molecule has 0 bridgehead atoms. The largest absolute Gasteiger partial charge is 0.458 e. The number of carbonyl (C=O) groups is 1. The maximum absolute atomic E-state index is 13.9. The summed E-state index contributed by atoms with van der Waals surface area (Å²) in [5.74, 6) is 0.471. The Kier molecular flexibility index (Phi) is 7.85. The van der Waals surface area contributed by atoms with Crippen LogP contribution in [0.2, 0.25) is 0 Å². The maximum Gasteiger partial charge on any atom is 0.276 e. The molecule has 2 heterocycles. The first-order valence-electron chi connectivity index (χ1n) is 12.3. The van der Waals surface area contributed by atoms with Crippen molar-refractivity contribution in [2.24, 2.45) is 11.7 Å². The summed E-state index contributed by atoms with van der Waals surface area (Å²) in [6, 6.07) is 17.6. The first-order valence-corrected chi connectivity index (χ1v) is 12.3. The van der Waals surface area contributed by atoms with E-state index in [-0.39, 0.29) is 22.9 Å². The molecule has 1 atom stereocenters. The first kappa shape index (κ1) is 25.9. The quantitative estimate of drug-likeness (QED) is 0.353. The molecule has 1 amide bonds. The van der Waals surface area contributed by atoms with E-state index >= 15 is 0 Å². The smallest absolute Gasteiger partial charge is 0.276 e. The van der Waals surface area contributed by atoms with E-state index in [9.17, 15) is 14.9 Å². The van der Waals surface area contributed by atoms with Crippen LogP contribution in [-0.2, 0) is 6.42 Å². The molecule has 37 heavy (non-hydrogen) atoms. The molecule has 0 saturated carbocycles. The molecule has 2 aromatic heterocycles. The number of benzene rings is 2. The molecule has 4 aromatic rings. The Balaban J connectivity index is 1.95. The van der Waals surface area contributed by atoms with E-state index in [4.69, 9.17) is 14.7 Å². The highest BCUT2D eigenvalue weighted by atomic mass is 16.5. The molecular formula is C29H30N4O4. The third-order valence-corrected chi connectivity index (χ3v) is 6.32. The van der Waals surface area contributed by atoms with Gasteiger partial charge in [-0.15, -0.1) is 0 Å². The lowest BCUT2D eigenvalue weighted by atomic mass is 9.92. The highest BCUT2D eigenvalue weighted by Crippen LogP contribution is 2.34. The number of rotatable bonds is 9. The van der Waals surface area contributed by atoms with Gasteiger partial charge in [0.2, 0.25) is 0 Å². The SMILES string of the molecule is Cc1cc(C(=O)N(CCCN)[C@@H](c2oc3cc(C#N)ccc3c(=O)c2Cc2ccccc2)C(C)C)no1. The molecule has 8 heteroatoms. The molecule has 2 N–H and O–H groups in total. The zero-order valence-corrected chi connectivity index (χ0v) is 21.2. The van der Waals surface area contributed by atoms with Gasteiger partial charge in [0.15, 0.2) is 11.1 Å². The minimum atomic E-state index is -0.586. The van der Waals surface area contributed by atoms with Gasteiger partial charge in [0, 0.05) is 24.6 Å². The van der Waals surface area contributed by atoms with Crippen LogP contribution < -0.4 is 11.2 Å². The molecule has 0 saturated heterocycles. The average molecular weight is 499 g/mol. The number of amides is 1. The Morgan fingerprint density at radius 1 is 1.16 bits per heavy atom. The highest BCUT2D eigenvalue weighted by molar-refractivity contribution is 5.92. The summed E-state index contributed by atoms with van der Waals surface area (Å²) in [5, 5.41) is 13.7. The number of aryl methyl sites for hydroxylation is 1. The lowest BCUT2D eigenvalue weighted by Crippen LogP contribution is -2.40. The van der Waals surface area contributed by atoms with Gasteiger partial charge >= 0.3 is 0 Å². The van der Waals surface area contributed by atoms with Crippen molar-refractivity contribution in [3.63, 3.8) is 0 Å². The molecule has 0 fully saturated rings. The van der Waals surface area contributed by atoms with Crippen molar-refractivity contribution in [1.29, 1.82) is 5.26 Å². The second-order valence-electron chi connectivity index (χ2n) is 9.41. The number of hydrogen-bond acceptors (Lipinski definition) is 7. The number of nitrogens with zero attached hydrogens (tertiary/aromatic N) is 3. The average Bonchev–Trinajstić information content (AvgIpc) is 3.34. The van der Waals surface area contributed by atoms with E-state index in [1.54, 1.807) is 36.1 Å². The monoisotopic (exact) mass is 498 g/mol. The zero-order chi connectivity index (χ0) is 26.5. The summed E-state index contributed by atoms with van der Waals surface area (Å²) >= 11 is 0. The lowest BCUT2D eigenvalue weighted by Gasteiger charge is -2.34. The van der Waals surface area contributed by atoms with Crippen molar-refractivity contribution in [1.82, 2.24) is 10.1 Å². The van der Waals surface area contributed by atoms with Gasteiger partial charge < -0.3 is 19.6 Å². The zero-order valence-electron chi connectivity index (χ0n) is 21.2. The predicted octanol–water partition coefficient (Wildman–Crippen LogP) is 4.74. The molecule has 0 unspecified atom stereocenters. The fourth-order valence-electron chi connectivity index (χ4n) is 4.57. The van der Waals surface area contributed by atoms with Crippen LogP contribution in [0.3, 0.4) is 0 Å². The van der Waals surface area contributed by atoms with Gasteiger partial charge in [-0.25, -0.2) is 0 Å². The molecule has 2 aromatic carbocycles. The van der Waals surface area contributed by atoms with Crippen molar-refractivity contribution in [2.45, 2.75) is 39.7 Å². The second-order valence-corrected chi connectivity index (χ2v) is 9.41. The molecule has 0 spiro atoms.